The van der Waals surface area contributed by atoms with E-state index in [4.69, 9.17) is 16.3 Å². The third-order valence-corrected chi connectivity index (χ3v) is 5.29. The second-order valence-corrected chi connectivity index (χ2v) is 7.85. The zero-order valence-electron chi connectivity index (χ0n) is 15.8. The topological polar surface area (TPSA) is 45.7 Å². The second kappa shape index (κ2) is 10.6. The summed E-state index contributed by atoms with van der Waals surface area (Å²) in [4.78, 5) is 21.3. The number of hydrogen-bond acceptors (Lipinski definition) is 5. The van der Waals surface area contributed by atoms with Crippen molar-refractivity contribution in [1.82, 2.24) is 9.88 Å². The van der Waals surface area contributed by atoms with Crippen molar-refractivity contribution in [3.63, 3.8) is 0 Å². The van der Waals surface area contributed by atoms with Crippen molar-refractivity contribution >= 4 is 56.6 Å². The number of rotatable bonds is 8. The lowest BCUT2D eigenvalue weighted by molar-refractivity contribution is -0.120. The van der Waals surface area contributed by atoms with Crippen LogP contribution >= 0.6 is 35.3 Å². The molecule has 0 spiro atoms. The van der Waals surface area contributed by atoms with E-state index >= 15 is 0 Å². The van der Waals surface area contributed by atoms with E-state index in [0.29, 0.717) is 22.4 Å². The van der Waals surface area contributed by atoms with Gasteiger partial charge in [-0.25, -0.2) is 4.98 Å². The van der Waals surface area contributed by atoms with Gasteiger partial charge in [-0.15, -0.1) is 12.4 Å². The quantitative estimate of drug-likeness (QED) is 0.508. The SMILES string of the molecule is CN(C)CCCN(C(=O)COc1ccc(Cl)cc1)c1nc2ccccc2s1.Cl. The molecule has 0 aliphatic rings. The van der Waals surface area contributed by atoms with Crippen LogP contribution in [-0.2, 0) is 4.79 Å². The lowest BCUT2D eigenvalue weighted by Crippen LogP contribution is -2.36. The van der Waals surface area contributed by atoms with Crippen molar-refractivity contribution in [2.45, 2.75) is 6.42 Å². The summed E-state index contributed by atoms with van der Waals surface area (Å²) in [5.41, 5.74) is 0.904. The van der Waals surface area contributed by atoms with E-state index in [2.05, 4.69) is 9.88 Å². The molecule has 150 valence electrons. The van der Waals surface area contributed by atoms with Crippen LogP contribution in [0.3, 0.4) is 0 Å². The minimum absolute atomic E-state index is 0. The molecule has 0 atom stereocenters. The molecule has 2 aromatic carbocycles. The van der Waals surface area contributed by atoms with Gasteiger partial charge in [-0.05, 0) is 63.5 Å². The number of carbonyl (C=O) groups is 1. The normalized spacial score (nSPS) is 10.7. The van der Waals surface area contributed by atoms with E-state index < -0.39 is 0 Å². The highest BCUT2D eigenvalue weighted by Gasteiger charge is 2.20. The van der Waals surface area contributed by atoms with Crippen molar-refractivity contribution in [3.8, 4) is 5.75 Å². The smallest absolute Gasteiger partial charge is 0.266 e. The summed E-state index contributed by atoms with van der Waals surface area (Å²) in [7, 11) is 4.04. The van der Waals surface area contributed by atoms with Crippen molar-refractivity contribution in [1.29, 1.82) is 0 Å². The third-order valence-electron chi connectivity index (χ3n) is 3.98. The Morgan fingerprint density at radius 1 is 1.11 bits per heavy atom. The van der Waals surface area contributed by atoms with Crippen LogP contribution in [-0.4, -0.2) is 49.6 Å². The van der Waals surface area contributed by atoms with Crippen LogP contribution < -0.4 is 9.64 Å². The molecule has 0 bridgehead atoms. The van der Waals surface area contributed by atoms with Gasteiger partial charge in [-0.3, -0.25) is 9.69 Å². The number of hydrogen-bond donors (Lipinski definition) is 0. The minimum Gasteiger partial charge on any atom is -0.484 e. The number of fused-ring (bicyclic) bond motifs is 1. The number of amides is 1. The highest BCUT2D eigenvalue weighted by molar-refractivity contribution is 7.22. The van der Waals surface area contributed by atoms with Gasteiger partial charge in [0, 0.05) is 11.6 Å². The first kappa shape index (κ1) is 22.4. The maximum atomic E-state index is 12.9. The van der Waals surface area contributed by atoms with E-state index in [1.165, 1.54) is 11.3 Å². The number of para-hydroxylation sites is 1. The molecule has 1 heterocycles. The Balaban J connectivity index is 0.00000280. The number of ether oxygens (including phenoxy) is 1. The van der Waals surface area contributed by atoms with Gasteiger partial charge in [0.1, 0.15) is 5.75 Å². The number of anilines is 1. The Morgan fingerprint density at radius 3 is 2.50 bits per heavy atom. The van der Waals surface area contributed by atoms with E-state index in [0.717, 1.165) is 23.2 Å². The molecular formula is C20H23Cl2N3O2S. The Labute approximate surface area is 180 Å². The molecule has 0 fully saturated rings. The van der Waals surface area contributed by atoms with Gasteiger partial charge in [0.25, 0.3) is 5.91 Å². The largest absolute Gasteiger partial charge is 0.484 e. The van der Waals surface area contributed by atoms with Gasteiger partial charge < -0.3 is 9.64 Å². The van der Waals surface area contributed by atoms with Gasteiger partial charge in [-0.2, -0.15) is 0 Å². The highest BCUT2D eigenvalue weighted by atomic mass is 35.5. The molecule has 1 amide bonds. The van der Waals surface area contributed by atoms with E-state index in [9.17, 15) is 4.79 Å². The van der Waals surface area contributed by atoms with Crippen LogP contribution in [0.1, 0.15) is 6.42 Å². The van der Waals surface area contributed by atoms with Crippen LogP contribution in [0.5, 0.6) is 5.75 Å². The molecule has 8 heteroatoms. The van der Waals surface area contributed by atoms with Crippen LogP contribution in [0, 0.1) is 0 Å². The number of thiazole rings is 1. The molecule has 3 rings (SSSR count). The summed E-state index contributed by atoms with van der Waals surface area (Å²) >= 11 is 7.41. The number of carbonyl (C=O) groups excluding carboxylic acids is 1. The third kappa shape index (κ3) is 6.07. The fourth-order valence-electron chi connectivity index (χ4n) is 2.60. The fraction of sp³-hybridized carbons (Fsp3) is 0.300. The minimum atomic E-state index is -0.109. The van der Waals surface area contributed by atoms with Gasteiger partial charge in [-0.1, -0.05) is 35.1 Å². The molecule has 1 aromatic heterocycles. The number of aromatic nitrogens is 1. The van der Waals surface area contributed by atoms with Crippen LogP contribution in [0.2, 0.25) is 5.02 Å². The first-order chi connectivity index (χ1) is 13.0. The molecule has 0 aliphatic carbocycles. The zero-order chi connectivity index (χ0) is 19.2. The summed E-state index contributed by atoms with van der Waals surface area (Å²) in [5, 5.41) is 1.34. The van der Waals surface area contributed by atoms with Crippen LogP contribution in [0.25, 0.3) is 10.2 Å². The Hall–Kier alpha value is -1.86. The molecule has 0 radical (unpaired) electrons. The molecular weight excluding hydrogens is 417 g/mol. The molecule has 28 heavy (non-hydrogen) atoms. The van der Waals surface area contributed by atoms with Gasteiger partial charge in [0.05, 0.1) is 10.2 Å². The standard InChI is InChI=1S/C20H22ClN3O2S.ClH/c1-23(2)12-5-13-24(20-22-17-6-3-4-7-18(17)27-20)19(25)14-26-16-10-8-15(21)9-11-16;/h3-4,6-11H,5,12-14H2,1-2H3;1H. The second-order valence-electron chi connectivity index (χ2n) is 6.41. The van der Waals surface area contributed by atoms with Crippen molar-refractivity contribution < 1.29 is 9.53 Å². The predicted molar refractivity (Wildman–Crippen MR) is 119 cm³/mol. The van der Waals surface area contributed by atoms with Crippen LogP contribution in [0.15, 0.2) is 48.5 Å². The molecule has 0 saturated carbocycles. The summed E-state index contributed by atoms with van der Waals surface area (Å²) in [6.45, 7) is 1.45. The molecule has 0 unspecified atom stereocenters. The Kier molecular flexibility index (Phi) is 8.51. The van der Waals surface area contributed by atoms with E-state index in [1.54, 1.807) is 29.2 Å². The maximum absolute atomic E-state index is 12.9. The molecule has 0 aliphatic heterocycles. The van der Waals surface area contributed by atoms with Gasteiger partial charge >= 0.3 is 0 Å². The Bertz CT molecular complexity index is 867. The van der Waals surface area contributed by atoms with Gasteiger partial charge in [0.2, 0.25) is 0 Å². The number of benzene rings is 2. The van der Waals surface area contributed by atoms with E-state index in [-0.39, 0.29) is 24.9 Å². The molecule has 0 N–H and O–H groups in total. The monoisotopic (exact) mass is 439 g/mol. The number of nitrogens with zero attached hydrogens (tertiary/aromatic N) is 3. The van der Waals surface area contributed by atoms with Gasteiger partial charge in [0.15, 0.2) is 11.7 Å². The zero-order valence-corrected chi connectivity index (χ0v) is 18.2. The highest BCUT2D eigenvalue weighted by Crippen LogP contribution is 2.29. The summed E-state index contributed by atoms with van der Waals surface area (Å²) < 4.78 is 6.71. The maximum Gasteiger partial charge on any atom is 0.266 e. The molecule has 0 saturated heterocycles. The Morgan fingerprint density at radius 2 is 1.82 bits per heavy atom. The first-order valence-electron chi connectivity index (χ1n) is 8.72. The molecule has 5 nitrogen and oxygen atoms in total. The predicted octanol–water partition coefficient (Wildman–Crippen LogP) is 4.74. The summed E-state index contributed by atoms with van der Waals surface area (Å²) in [5.74, 6) is 0.507. The van der Waals surface area contributed by atoms with Crippen molar-refractivity contribution in [3.05, 3.63) is 53.6 Å². The van der Waals surface area contributed by atoms with Crippen molar-refractivity contribution in [2.75, 3.05) is 38.7 Å². The lowest BCUT2D eigenvalue weighted by atomic mass is 10.3. The molecule has 3 aromatic rings. The van der Waals surface area contributed by atoms with Crippen molar-refractivity contribution in [2.24, 2.45) is 0 Å². The fourth-order valence-corrected chi connectivity index (χ4v) is 3.74. The van der Waals surface area contributed by atoms with Crippen LogP contribution in [0.4, 0.5) is 5.13 Å². The average molecular weight is 440 g/mol. The lowest BCUT2D eigenvalue weighted by Gasteiger charge is -2.21. The summed E-state index contributed by atoms with van der Waals surface area (Å²) in [6.07, 6.45) is 0.857. The number of halogens is 2. The summed E-state index contributed by atoms with van der Waals surface area (Å²) in [6, 6.07) is 14.9. The van der Waals surface area contributed by atoms with E-state index in [1.807, 2.05) is 38.4 Å². The first-order valence-corrected chi connectivity index (χ1v) is 9.91. The average Bonchev–Trinajstić information content (AvgIpc) is 3.08.